The quantitative estimate of drug-likeness (QED) is 0.508. The van der Waals surface area contributed by atoms with Gasteiger partial charge >= 0.3 is 0 Å². The number of nitrogens with zero attached hydrogens (tertiary/aromatic N) is 1. The van der Waals surface area contributed by atoms with Crippen LogP contribution in [0.3, 0.4) is 0 Å². The van der Waals surface area contributed by atoms with Crippen molar-refractivity contribution in [3.05, 3.63) is 63.9 Å². The minimum absolute atomic E-state index is 0.147. The molecule has 4 N–H and O–H groups in total. The van der Waals surface area contributed by atoms with E-state index in [9.17, 15) is 19.2 Å². The van der Waals surface area contributed by atoms with Gasteiger partial charge in [0.15, 0.2) is 0 Å². The van der Waals surface area contributed by atoms with Crippen LogP contribution in [0, 0.1) is 0 Å². The molecule has 1 heterocycles. The van der Waals surface area contributed by atoms with Gasteiger partial charge in [-0.15, -0.1) is 0 Å². The van der Waals surface area contributed by atoms with E-state index in [0.717, 1.165) is 0 Å². The molecular weight excluding hydrogens is 409 g/mol. The monoisotopic (exact) mass is 423 g/mol. The summed E-state index contributed by atoms with van der Waals surface area (Å²) in [7, 11) is 0. The van der Waals surface area contributed by atoms with Gasteiger partial charge in [-0.05, 0) is 30.3 Å². The van der Waals surface area contributed by atoms with E-state index in [4.69, 9.17) is 23.2 Å². The molecule has 0 saturated heterocycles. The lowest BCUT2D eigenvalue weighted by Gasteiger charge is -2.09. The van der Waals surface area contributed by atoms with Crippen LogP contribution in [0.2, 0.25) is 10.0 Å². The van der Waals surface area contributed by atoms with E-state index >= 15 is 0 Å². The third kappa shape index (κ3) is 6.53. The Morgan fingerprint density at radius 1 is 0.893 bits per heavy atom. The maximum atomic E-state index is 12.0. The second-order valence-electron chi connectivity index (χ2n) is 5.33. The molecule has 0 aliphatic rings. The molecule has 0 radical (unpaired) electrons. The van der Waals surface area contributed by atoms with E-state index in [2.05, 4.69) is 26.5 Å². The number of rotatable bonds is 6. The molecule has 0 spiro atoms. The highest BCUT2D eigenvalue weighted by Gasteiger charge is 2.13. The molecular formula is C17H15Cl2N5O4. The van der Waals surface area contributed by atoms with Gasteiger partial charge in [0, 0.05) is 17.4 Å². The third-order valence-corrected chi connectivity index (χ3v) is 3.82. The number of carbonyl (C=O) groups excluding carboxylic acids is 4. The van der Waals surface area contributed by atoms with Crippen LogP contribution in [0.4, 0.5) is 0 Å². The van der Waals surface area contributed by atoms with E-state index < -0.39 is 30.2 Å². The van der Waals surface area contributed by atoms with Crippen molar-refractivity contribution in [1.29, 1.82) is 0 Å². The number of benzene rings is 1. The molecule has 2 aromatic rings. The van der Waals surface area contributed by atoms with Crippen LogP contribution in [0.15, 0.2) is 42.7 Å². The molecule has 28 heavy (non-hydrogen) atoms. The Morgan fingerprint density at radius 3 is 2.32 bits per heavy atom. The summed E-state index contributed by atoms with van der Waals surface area (Å²) in [4.78, 5) is 50.9. The molecule has 0 aliphatic carbocycles. The second kappa shape index (κ2) is 10.2. The molecule has 146 valence electrons. The van der Waals surface area contributed by atoms with Crippen molar-refractivity contribution in [2.24, 2.45) is 0 Å². The van der Waals surface area contributed by atoms with E-state index in [1.807, 2.05) is 0 Å². The lowest BCUT2D eigenvalue weighted by molar-refractivity contribution is -0.125. The molecule has 1 aromatic heterocycles. The highest BCUT2D eigenvalue weighted by molar-refractivity contribution is 6.36. The van der Waals surface area contributed by atoms with Gasteiger partial charge in [-0.25, -0.2) is 0 Å². The fourth-order valence-corrected chi connectivity index (χ4v) is 2.40. The number of pyridine rings is 1. The van der Waals surface area contributed by atoms with Gasteiger partial charge < -0.3 is 10.6 Å². The van der Waals surface area contributed by atoms with Crippen LogP contribution < -0.4 is 21.5 Å². The van der Waals surface area contributed by atoms with Gasteiger partial charge in [-0.3, -0.25) is 35.0 Å². The SMILES string of the molecule is O=C(CNC(=O)c1ccc(Cl)cc1Cl)NCC(=O)NNC(=O)c1cccnc1. The van der Waals surface area contributed by atoms with Crippen LogP contribution >= 0.6 is 23.2 Å². The Kier molecular flexibility index (Phi) is 7.73. The second-order valence-corrected chi connectivity index (χ2v) is 6.17. The minimum atomic E-state index is -0.655. The van der Waals surface area contributed by atoms with Gasteiger partial charge in [0.25, 0.3) is 17.7 Å². The van der Waals surface area contributed by atoms with Gasteiger partial charge in [0.1, 0.15) is 0 Å². The molecule has 0 fully saturated rings. The summed E-state index contributed by atoms with van der Waals surface area (Å²) in [6.45, 7) is -0.767. The number of hydrazine groups is 1. The minimum Gasteiger partial charge on any atom is -0.345 e. The summed E-state index contributed by atoms with van der Waals surface area (Å²) in [6.07, 6.45) is 2.84. The van der Waals surface area contributed by atoms with Crippen molar-refractivity contribution in [3.8, 4) is 0 Å². The largest absolute Gasteiger partial charge is 0.345 e. The first-order chi connectivity index (χ1) is 13.4. The lowest BCUT2D eigenvalue weighted by Crippen LogP contribution is -2.47. The summed E-state index contributed by atoms with van der Waals surface area (Å²) >= 11 is 11.7. The predicted molar refractivity (Wildman–Crippen MR) is 102 cm³/mol. The molecule has 4 amide bonds. The van der Waals surface area contributed by atoms with Crippen LogP contribution in [0.1, 0.15) is 20.7 Å². The number of aromatic nitrogens is 1. The van der Waals surface area contributed by atoms with E-state index in [1.165, 1.54) is 36.7 Å². The number of hydrogen-bond acceptors (Lipinski definition) is 5. The van der Waals surface area contributed by atoms with Crippen molar-refractivity contribution >= 4 is 46.8 Å². The van der Waals surface area contributed by atoms with Crippen molar-refractivity contribution in [2.75, 3.05) is 13.1 Å². The van der Waals surface area contributed by atoms with Crippen molar-refractivity contribution in [3.63, 3.8) is 0 Å². The summed E-state index contributed by atoms with van der Waals surface area (Å²) in [5.41, 5.74) is 4.74. The van der Waals surface area contributed by atoms with Crippen molar-refractivity contribution in [2.45, 2.75) is 0 Å². The Hall–Kier alpha value is -3.17. The zero-order valence-electron chi connectivity index (χ0n) is 14.3. The van der Waals surface area contributed by atoms with Crippen LogP contribution in [0.25, 0.3) is 0 Å². The number of amides is 4. The maximum absolute atomic E-state index is 12.0. The van der Waals surface area contributed by atoms with Gasteiger partial charge in [0.05, 0.1) is 29.2 Å². The molecule has 2 rings (SSSR count). The molecule has 11 heteroatoms. The molecule has 0 aliphatic heterocycles. The van der Waals surface area contributed by atoms with Gasteiger partial charge in [0.2, 0.25) is 5.91 Å². The number of halogens is 2. The van der Waals surface area contributed by atoms with Crippen molar-refractivity contribution in [1.82, 2.24) is 26.5 Å². The Balaban J connectivity index is 1.69. The predicted octanol–water partition coefficient (Wildman–Crippen LogP) is 0.696. The Morgan fingerprint density at radius 2 is 1.64 bits per heavy atom. The van der Waals surface area contributed by atoms with Gasteiger partial charge in [-0.2, -0.15) is 0 Å². The number of nitrogens with one attached hydrogen (secondary N) is 4. The van der Waals surface area contributed by atoms with E-state index in [1.54, 1.807) is 6.07 Å². The van der Waals surface area contributed by atoms with Crippen LogP contribution in [-0.4, -0.2) is 41.7 Å². The zero-order chi connectivity index (χ0) is 20.5. The molecule has 0 saturated carbocycles. The van der Waals surface area contributed by atoms with E-state index in [-0.39, 0.29) is 22.7 Å². The number of hydrogen-bond donors (Lipinski definition) is 4. The lowest BCUT2D eigenvalue weighted by atomic mass is 10.2. The third-order valence-electron chi connectivity index (χ3n) is 3.27. The maximum Gasteiger partial charge on any atom is 0.271 e. The normalized spacial score (nSPS) is 9.93. The topological polar surface area (TPSA) is 129 Å². The van der Waals surface area contributed by atoms with Crippen LogP contribution in [-0.2, 0) is 9.59 Å². The Labute approximate surface area is 169 Å². The standard InChI is InChI=1S/C17H15Cl2N5O4/c18-11-3-4-12(13(19)6-11)17(28)22-8-14(25)21-9-15(26)23-24-16(27)10-2-1-5-20-7-10/h1-7H,8-9H2,(H,21,25)(H,22,28)(H,23,26)(H,24,27). The summed E-state index contributed by atoms with van der Waals surface area (Å²) in [6, 6.07) is 7.42. The molecule has 1 aromatic carbocycles. The summed E-state index contributed by atoms with van der Waals surface area (Å²) in [5.74, 6) is -2.38. The van der Waals surface area contributed by atoms with E-state index in [0.29, 0.717) is 5.02 Å². The first-order valence-corrected chi connectivity index (χ1v) is 8.61. The first-order valence-electron chi connectivity index (χ1n) is 7.86. The first kappa shape index (κ1) is 21.1. The molecule has 0 atom stereocenters. The number of carbonyl (C=O) groups is 4. The average Bonchev–Trinajstić information content (AvgIpc) is 2.69. The fraction of sp³-hybridized carbons (Fsp3) is 0.118. The zero-order valence-corrected chi connectivity index (χ0v) is 15.8. The van der Waals surface area contributed by atoms with Crippen molar-refractivity contribution < 1.29 is 19.2 Å². The summed E-state index contributed by atoms with van der Waals surface area (Å²) in [5, 5.41) is 5.18. The highest BCUT2D eigenvalue weighted by Crippen LogP contribution is 2.20. The average molecular weight is 424 g/mol. The molecule has 0 unspecified atom stereocenters. The highest BCUT2D eigenvalue weighted by atomic mass is 35.5. The van der Waals surface area contributed by atoms with Gasteiger partial charge in [-0.1, -0.05) is 23.2 Å². The Bertz CT molecular complexity index is 892. The fourth-order valence-electron chi connectivity index (χ4n) is 1.91. The molecule has 9 nitrogen and oxygen atoms in total. The smallest absolute Gasteiger partial charge is 0.271 e. The van der Waals surface area contributed by atoms with Crippen LogP contribution in [0.5, 0.6) is 0 Å². The molecule has 0 bridgehead atoms. The summed E-state index contributed by atoms with van der Waals surface area (Å²) < 4.78 is 0.